The van der Waals surface area contributed by atoms with Gasteiger partial charge in [-0.15, -0.1) is 0 Å². The minimum Gasteiger partial charge on any atom is -0.381 e. The Morgan fingerprint density at radius 2 is 2.17 bits per heavy atom. The Bertz CT molecular complexity index is 740. The number of carbonyl (C=O) groups is 1. The third-order valence-corrected chi connectivity index (χ3v) is 4.80. The van der Waals surface area contributed by atoms with Crippen molar-refractivity contribution in [2.24, 2.45) is 0 Å². The normalized spacial score (nSPS) is 13.3. The molecule has 1 aromatic heterocycles. The lowest BCUT2D eigenvalue weighted by atomic mass is 10.1. The molecule has 2 heterocycles. The number of aromatic nitrogens is 1. The van der Waals surface area contributed by atoms with Crippen molar-refractivity contribution in [3.8, 4) is 0 Å². The van der Waals surface area contributed by atoms with Crippen molar-refractivity contribution < 1.29 is 4.79 Å². The van der Waals surface area contributed by atoms with E-state index in [1.165, 1.54) is 0 Å². The SMILES string of the molecule is CCCCN1Cc2cc(NCc3c(C)ccnc3Cl)ccc2C1=O. The molecule has 1 aromatic carbocycles. The fourth-order valence-corrected chi connectivity index (χ4v) is 3.25. The van der Waals surface area contributed by atoms with Crippen LogP contribution in [0.15, 0.2) is 30.5 Å². The number of benzene rings is 1. The molecule has 0 bridgehead atoms. The third-order valence-electron chi connectivity index (χ3n) is 4.47. The number of fused-ring (bicyclic) bond motifs is 1. The van der Waals surface area contributed by atoms with E-state index in [1.54, 1.807) is 6.20 Å². The van der Waals surface area contributed by atoms with Crippen LogP contribution >= 0.6 is 11.6 Å². The lowest BCUT2D eigenvalue weighted by Gasteiger charge is -2.14. The van der Waals surface area contributed by atoms with Crippen LogP contribution in [0, 0.1) is 6.92 Å². The molecule has 0 saturated carbocycles. The molecule has 2 aromatic rings. The maximum absolute atomic E-state index is 12.4. The van der Waals surface area contributed by atoms with Gasteiger partial charge in [0.15, 0.2) is 0 Å². The average Bonchev–Trinajstić information content (AvgIpc) is 2.88. The first-order valence-electron chi connectivity index (χ1n) is 8.36. The summed E-state index contributed by atoms with van der Waals surface area (Å²) in [4.78, 5) is 18.4. The molecule has 1 amide bonds. The van der Waals surface area contributed by atoms with Crippen LogP contribution in [0.1, 0.15) is 46.8 Å². The first-order chi connectivity index (χ1) is 11.6. The molecule has 24 heavy (non-hydrogen) atoms. The Labute approximate surface area is 147 Å². The zero-order valence-electron chi connectivity index (χ0n) is 14.1. The van der Waals surface area contributed by atoms with Crippen LogP contribution in [0.3, 0.4) is 0 Å². The van der Waals surface area contributed by atoms with Gasteiger partial charge in [0.2, 0.25) is 0 Å². The minimum absolute atomic E-state index is 0.149. The summed E-state index contributed by atoms with van der Waals surface area (Å²) in [5, 5.41) is 3.92. The van der Waals surface area contributed by atoms with E-state index in [2.05, 4.69) is 23.3 Å². The summed E-state index contributed by atoms with van der Waals surface area (Å²) in [6.07, 6.45) is 3.86. The molecule has 3 rings (SSSR count). The smallest absolute Gasteiger partial charge is 0.254 e. The lowest BCUT2D eigenvalue weighted by molar-refractivity contribution is 0.0776. The van der Waals surface area contributed by atoms with Crippen LogP contribution in [0.2, 0.25) is 5.15 Å². The summed E-state index contributed by atoms with van der Waals surface area (Å²) in [6, 6.07) is 7.90. The van der Waals surface area contributed by atoms with E-state index >= 15 is 0 Å². The Balaban J connectivity index is 1.71. The lowest BCUT2D eigenvalue weighted by Crippen LogP contribution is -2.24. The molecule has 0 aliphatic carbocycles. The molecule has 4 nitrogen and oxygen atoms in total. The van der Waals surface area contributed by atoms with Gasteiger partial charge in [-0.2, -0.15) is 0 Å². The van der Waals surface area contributed by atoms with Crippen molar-refractivity contribution in [3.05, 3.63) is 57.9 Å². The zero-order valence-corrected chi connectivity index (χ0v) is 14.9. The predicted octanol–water partition coefficient (Wildman–Crippen LogP) is 4.41. The Morgan fingerprint density at radius 1 is 1.33 bits per heavy atom. The molecule has 126 valence electrons. The van der Waals surface area contributed by atoms with Crippen LogP contribution in [-0.4, -0.2) is 22.3 Å². The molecule has 0 fully saturated rings. The molecule has 0 spiro atoms. The summed E-state index contributed by atoms with van der Waals surface area (Å²) in [5.41, 5.74) is 5.03. The second-order valence-corrected chi connectivity index (χ2v) is 6.56. The Kier molecular flexibility index (Phi) is 5.05. The summed E-state index contributed by atoms with van der Waals surface area (Å²) < 4.78 is 0. The Morgan fingerprint density at radius 3 is 2.92 bits per heavy atom. The predicted molar refractivity (Wildman–Crippen MR) is 97.4 cm³/mol. The standard InChI is InChI=1S/C19H22ClN3O/c1-3-4-9-23-12-14-10-15(5-6-16(14)19(23)24)22-11-17-13(2)7-8-21-18(17)20/h5-8,10,22H,3-4,9,11-12H2,1-2H3. The first kappa shape index (κ1) is 16.8. The third kappa shape index (κ3) is 3.39. The van der Waals surface area contributed by atoms with E-state index in [0.29, 0.717) is 18.2 Å². The van der Waals surface area contributed by atoms with Crippen LogP contribution in [0.25, 0.3) is 0 Å². The summed E-state index contributed by atoms with van der Waals surface area (Å²) in [6.45, 7) is 6.32. The number of carbonyl (C=O) groups excluding carboxylic acids is 1. The van der Waals surface area contributed by atoms with Gasteiger partial charge in [-0.05, 0) is 48.7 Å². The first-order valence-corrected chi connectivity index (χ1v) is 8.74. The summed E-state index contributed by atoms with van der Waals surface area (Å²) in [5.74, 6) is 0.149. The number of nitrogens with zero attached hydrogens (tertiary/aromatic N) is 2. The van der Waals surface area contributed by atoms with E-state index in [4.69, 9.17) is 11.6 Å². The number of nitrogens with one attached hydrogen (secondary N) is 1. The number of hydrogen-bond donors (Lipinski definition) is 1. The highest BCUT2D eigenvalue weighted by Gasteiger charge is 2.26. The molecule has 0 unspecified atom stereocenters. The number of aryl methyl sites for hydroxylation is 1. The molecule has 1 aliphatic heterocycles. The minimum atomic E-state index is 0.149. The highest BCUT2D eigenvalue weighted by Crippen LogP contribution is 2.27. The van der Waals surface area contributed by atoms with E-state index < -0.39 is 0 Å². The van der Waals surface area contributed by atoms with Crippen LogP contribution in [-0.2, 0) is 13.1 Å². The molecule has 1 aliphatic rings. The topological polar surface area (TPSA) is 45.2 Å². The number of hydrogen-bond acceptors (Lipinski definition) is 3. The fourth-order valence-electron chi connectivity index (χ4n) is 2.98. The molecular weight excluding hydrogens is 322 g/mol. The maximum atomic E-state index is 12.4. The van der Waals surface area contributed by atoms with Crippen LogP contribution < -0.4 is 5.32 Å². The van der Waals surface area contributed by atoms with Crippen molar-refractivity contribution in [2.75, 3.05) is 11.9 Å². The van der Waals surface area contributed by atoms with Gasteiger partial charge in [0.25, 0.3) is 5.91 Å². The van der Waals surface area contributed by atoms with Crippen molar-refractivity contribution >= 4 is 23.2 Å². The number of pyridine rings is 1. The van der Waals surface area contributed by atoms with Gasteiger partial charge >= 0.3 is 0 Å². The van der Waals surface area contributed by atoms with E-state index in [0.717, 1.165) is 47.3 Å². The molecule has 0 atom stereocenters. The van der Waals surface area contributed by atoms with Gasteiger partial charge in [-0.3, -0.25) is 4.79 Å². The second kappa shape index (κ2) is 7.22. The van der Waals surface area contributed by atoms with E-state index in [-0.39, 0.29) is 5.91 Å². The van der Waals surface area contributed by atoms with Gasteiger partial charge in [-0.1, -0.05) is 24.9 Å². The van der Waals surface area contributed by atoms with Gasteiger partial charge in [-0.25, -0.2) is 4.98 Å². The summed E-state index contributed by atoms with van der Waals surface area (Å²) in [7, 11) is 0. The molecular formula is C19H22ClN3O. The highest BCUT2D eigenvalue weighted by molar-refractivity contribution is 6.30. The maximum Gasteiger partial charge on any atom is 0.254 e. The van der Waals surface area contributed by atoms with Crippen molar-refractivity contribution in [1.82, 2.24) is 9.88 Å². The van der Waals surface area contributed by atoms with E-state index in [1.807, 2.05) is 30.0 Å². The molecule has 1 N–H and O–H groups in total. The monoisotopic (exact) mass is 343 g/mol. The molecule has 5 heteroatoms. The summed E-state index contributed by atoms with van der Waals surface area (Å²) >= 11 is 6.17. The van der Waals surface area contributed by atoms with Gasteiger partial charge in [0.05, 0.1) is 0 Å². The second-order valence-electron chi connectivity index (χ2n) is 6.20. The van der Waals surface area contributed by atoms with Crippen LogP contribution in [0.4, 0.5) is 5.69 Å². The van der Waals surface area contributed by atoms with Crippen molar-refractivity contribution in [3.63, 3.8) is 0 Å². The fraction of sp³-hybridized carbons (Fsp3) is 0.368. The zero-order chi connectivity index (χ0) is 17.1. The van der Waals surface area contributed by atoms with E-state index in [9.17, 15) is 4.79 Å². The molecule has 0 saturated heterocycles. The van der Waals surface area contributed by atoms with Crippen molar-refractivity contribution in [2.45, 2.75) is 39.8 Å². The molecule has 0 radical (unpaired) electrons. The number of amides is 1. The highest BCUT2D eigenvalue weighted by atomic mass is 35.5. The number of rotatable bonds is 6. The largest absolute Gasteiger partial charge is 0.381 e. The number of anilines is 1. The average molecular weight is 344 g/mol. The Hall–Kier alpha value is -2.07. The van der Waals surface area contributed by atoms with Gasteiger partial charge in [0.1, 0.15) is 5.15 Å². The van der Waals surface area contributed by atoms with Crippen molar-refractivity contribution in [1.29, 1.82) is 0 Å². The number of unbranched alkanes of at least 4 members (excludes halogenated alkanes) is 1. The van der Waals surface area contributed by atoms with Gasteiger partial charge < -0.3 is 10.2 Å². The quantitative estimate of drug-likeness (QED) is 0.790. The van der Waals surface area contributed by atoms with Crippen LogP contribution in [0.5, 0.6) is 0 Å². The van der Waals surface area contributed by atoms with Gasteiger partial charge in [0, 0.05) is 42.6 Å². The number of halogens is 1.